The quantitative estimate of drug-likeness (QED) is 0.752. The molecule has 1 aliphatic heterocycles. The van der Waals surface area contributed by atoms with Gasteiger partial charge in [-0.3, -0.25) is 10.2 Å². The van der Waals surface area contributed by atoms with E-state index in [0.717, 1.165) is 5.56 Å². The first-order valence-electron chi connectivity index (χ1n) is 5.12. The number of nitrogens with zero attached hydrogens (tertiary/aromatic N) is 1. The van der Waals surface area contributed by atoms with Gasteiger partial charge in [0.15, 0.2) is 0 Å². The molecule has 0 saturated carbocycles. The lowest BCUT2D eigenvalue weighted by atomic mass is 10.0. The first-order valence-corrected chi connectivity index (χ1v) is 5.12. The number of benzene rings is 1. The van der Waals surface area contributed by atoms with Crippen LogP contribution in [-0.2, 0) is 4.79 Å². The first-order chi connectivity index (χ1) is 7.31. The average molecular weight is 205 g/mol. The molecule has 0 bridgehead atoms. The van der Waals surface area contributed by atoms with Crippen molar-refractivity contribution >= 4 is 5.91 Å². The molecule has 0 spiro atoms. The number of amides is 1. The van der Waals surface area contributed by atoms with E-state index < -0.39 is 0 Å². The lowest BCUT2D eigenvalue weighted by molar-refractivity contribution is -0.120. The second kappa shape index (κ2) is 4.42. The molecule has 1 fully saturated rings. The van der Waals surface area contributed by atoms with Crippen LogP contribution in [-0.4, -0.2) is 24.0 Å². The molecule has 1 unspecified atom stereocenters. The van der Waals surface area contributed by atoms with Crippen molar-refractivity contribution in [3.05, 3.63) is 35.9 Å². The van der Waals surface area contributed by atoms with E-state index in [1.807, 2.05) is 35.3 Å². The maximum Gasteiger partial charge on any atom is 0.236 e. The van der Waals surface area contributed by atoms with Gasteiger partial charge in [-0.15, -0.1) is 0 Å². The molecule has 1 aromatic rings. The van der Waals surface area contributed by atoms with Crippen molar-refractivity contribution in [2.45, 2.75) is 12.5 Å². The number of carbonyl (C=O) groups excluding carboxylic acids is 1. The van der Waals surface area contributed by atoms with Gasteiger partial charge < -0.3 is 5.73 Å². The Morgan fingerprint density at radius 1 is 1.40 bits per heavy atom. The Labute approximate surface area is 89.0 Å². The fraction of sp³-hybridized carbons (Fsp3) is 0.364. The topological polar surface area (TPSA) is 58.4 Å². The fourth-order valence-electron chi connectivity index (χ4n) is 1.89. The minimum Gasteiger partial charge on any atom is -0.329 e. The molecule has 2 rings (SSSR count). The molecule has 4 heteroatoms. The number of nitrogens with two attached hydrogens (primary N) is 1. The van der Waals surface area contributed by atoms with Crippen LogP contribution in [0.2, 0.25) is 0 Å². The summed E-state index contributed by atoms with van der Waals surface area (Å²) in [6.45, 7) is 1.23. The van der Waals surface area contributed by atoms with Gasteiger partial charge in [-0.25, -0.2) is 5.01 Å². The smallest absolute Gasteiger partial charge is 0.236 e. The monoisotopic (exact) mass is 205 g/mol. The molecule has 3 N–H and O–H groups in total. The third-order valence-electron chi connectivity index (χ3n) is 2.58. The van der Waals surface area contributed by atoms with Crippen LogP contribution in [0.1, 0.15) is 18.0 Å². The van der Waals surface area contributed by atoms with E-state index in [4.69, 9.17) is 5.73 Å². The van der Waals surface area contributed by atoms with Crippen molar-refractivity contribution in [1.82, 2.24) is 10.4 Å². The predicted molar refractivity (Wildman–Crippen MR) is 57.7 cm³/mol. The number of hydrogen-bond acceptors (Lipinski definition) is 3. The Hall–Kier alpha value is -1.39. The molecular weight excluding hydrogens is 190 g/mol. The maximum absolute atomic E-state index is 11.3. The zero-order valence-electron chi connectivity index (χ0n) is 8.52. The zero-order chi connectivity index (χ0) is 10.7. The molecule has 1 heterocycles. The Kier molecular flexibility index (Phi) is 2.99. The summed E-state index contributed by atoms with van der Waals surface area (Å²) < 4.78 is 0. The van der Waals surface area contributed by atoms with Gasteiger partial charge in [-0.1, -0.05) is 30.3 Å². The number of rotatable bonds is 3. The highest BCUT2D eigenvalue weighted by Crippen LogP contribution is 2.26. The molecule has 1 aromatic carbocycles. The molecule has 0 aromatic heterocycles. The highest BCUT2D eigenvalue weighted by atomic mass is 16.2. The zero-order valence-corrected chi connectivity index (χ0v) is 8.52. The van der Waals surface area contributed by atoms with Crippen molar-refractivity contribution in [3.8, 4) is 0 Å². The Morgan fingerprint density at radius 2 is 2.13 bits per heavy atom. The van der Waals surface area contributed by atoms with E-state index in [1.54, 1.807) is 0 Å². The summed E-state index contributed by atoms with van der Waals surface area (Å²) in [5.41, 5.74) is 9.48. The molecule has 4 nitrogen and oxygen atoms in total. The third kappa shape index (κ3) is 2.16. The molecule has 0 aliphatic carbocycles. The molecule has 1 amide bonds. The lowest BCUT2D eigenvalue weighted by Crippen LogP contribution is -2.38. The number of nitrogens with one attached hydrogen (secondary N) is 1. The van der Waals surface area contributed by atoms with Crippen molar-refractivity contribution in [1.29, 1.82) is 0 Å². The van der Waals surface area contributed by atoms with Crippen molar-refractivity contribution in [3.63, 3.8) is 0 Å². The van der Waals surface area contributed by atoms with Gasteiger partial charge >= 0.3 is 0 Å². The van der Waals surface area contributed by atoms with E-state index in [1.165, 1.54) is 0 Å². The summed E-state index contributed by atoms with van der Waals surface area (Å²) in [6, 6.07) is 10.1. The summed E-state index contributed by atoms with van der Waals surface area (Å²) in [6.07, 6.45) is 0.518. The van der Waals surface area contributed by atoms with E-state index in [0.29, 0.717) is 19.5 Å². The van der Waals surface area contributed by atoms with Crippen LogP contribution in [0.3, 0.4) is 0 Å². The standard InChI is InChI=1S/C11H15N3O/c12-6-7-14-10(8-11(15)13-14)9-4-2-1-3-5-9/h1-5,10H,6-8,12H2,(H,13,15). The molecule has 1 saturated heterocycles. The van der Waals surface area contributed by atoms with Crippen LogP contribution in [0, 0.1) is 0 Å². The summed E-state index contributed by atoms with van der Waals surface area (Å²) in [7, 11) is 0. The second-order valence-electron chi connectivity index (χ2n) is 3.65. The van der Waals surface area contributed by atoms with Gasteiger partial charge in [0.05, 0.1) is 6.04 Å². The summed E-state index contributed by atoms with van der Waals surface area (Å²) in [5, 5.41) is 1.91. The minimum absolute atomic E-state index is 0.0669. The van der Waals surface area contributed by atoms with Gasteiger partial charge in [-0.2, -0.15) is 0 Å². The first kappa shape index (κ1) is 10.1. The van der Waals surface area contributed by atoms with Crippen LogP contribution in [0.5, 0.6) is 0 Å². The van der Waals surface area contributed by atoms with Crippen LogP contribution >= 0.6 is 0 Å². The molecule has 15 heavy (non-hydrogen) atoms. The van der Waals surface area contributed by atoms with Crippen molar-refractivity contribution in [2.75, 3.05) is 13.1 Å². The lowest BCUT2D eigenvalue weighted by Gasteiger charge is -2.22. The molecule has 0 radical (unpaired) electrons. The van der Waals surface area contributed by atoms with E-state index in [2.05, 4.69) is 5.43 Å². The molecule has 80 valence electrons. The fourth-order valence-corrected chi connectivity index (χ4v) is 1.89. The second-order valence-corrected chi connectivity index (χ2v) is 3.65. The summed E-state index contributed by atoms with van der Waals surface area (Å²) in [5.74, 6) is 0.0669. The Morgan fingerprint density at radius 3 is 2.80 bits per heavy atom. The predicted octanol–water partition coefficient (Wildman–Crippen LogP) is 0.423. The maximum atomic E-state index is 11.3. The van der Waals surface area contributed by atoms with Gasteiger partial charge in [0.25, 0.3) is 0 Å². The van der Waals surface area contributed by atoms with E-state index in [-0.39, 0.29) is 11.9 Å². The van der Waals surface area contributed by atoms with E-state index in [9.17, 15) is 4.79 Å². The molecule has 1 aliphatic rings. The number of hydrazine groups is 1. The van der Waals surface area contributed by atoms with Gasteiger partial charge in [0.1, 0.15) is 0 Å². The van der Waals surface area contributed by atoms with Gasteiger partial charge in [-0.05, 0) is 5.56 Å². The van der Waals surface area contributed by atoms with Gasteiger partial charge in [0.2, 0.25) is 5.91 Å². The van der Waals surface area contributed by atoms with Gasteiger partial charge in [0, 0.05) is 19.5 Å². The van der Waals surface area contributed by atoms with Crippen LogP contribution in [0.25, 0.3) is 0 Å². The Balaban J connectivity index is 2.17. The average Bonchev–Trinajstić information content (AvgIpc) is 2.62. The third-order valence-corrected chi connectivity index (χ3v) is 2.58. The van der Waals surface area contributed by atoms with Crippen molar-refractivity contribution < 1.29 is 4.79 Å². The normalized spacial score (nSPS) is 21.7. The number of hydrogen-bond donors (Lipinski definition) is 2. The highest BCUT2D eigenvalue weighted by Gasteiger charge is 2.30. The van der Waals surface area contributed by atoms with E-state index >= 15 is 0 Å². The summed E-state index contributed by atoms with van der Waals surface area (Å²) >= 11 is 0. The van der Waals surface area contributed by atoms with Crippen LogP contribution in [0.15, 0.2) is 30.3 Å². The molecule has 1 atom stereocenters. The van der Waals surface area contributed by atoms with Crippen LogP contribution < -0.4 is 11.2 Å². The largest absolute Gasteiger partial charge is 0.329 e. The SMILES string of the molecule is NCCN1NC(=O)CC1c1ccccc1. The molecular formula is C11H15N3O. The minimum atomic E-state index is 0.0669. The van der Waals surface area contributed by atoms with Crippen LogP contribution in [0.4, 0.5) is 0 Å². The Bertz CT molecular complexity index is 339. The summed E-state index contributed by atoms with van der Waals surface area (Å²) in [4.78, 5) is 11.3. The number of carbonyl (C=O) groups is 1. The highest BCUT2D eigenvalue weighted by molar-refractivity contribution is 5.78. The van der Waals surface area contributed by atoms with Crippen molar-refractivity contribution in [2.24, 2.45) is 5.73 Å².